The van der Waals surface area contributed by atoms with Crippen LogP contribution in [0, 0.1) is 5.82 Å². The Kier molecular flexibility index (Phi) is 6.12. The first-order chi connectivity index (χ1) is 17.4. The van der Waals surface area contributed by atoms with E-state index in [0.717, 1.165) is 12.1 Å². The second-order valence-corrected chi connectivity index (χ2v) is 8.13. The highest BCUT2D eigenvalue weighted by molar-refractivity contribution is 6.10. The minimum absolute atomic E-state index is 0.144. The van der Waals surface area contributed by atoms with Crippen LogP contribution in [0.5, 0.6) is 17.2 Å². The second-order valence-electron chi connectivity index (χ2n) is 8.13. The number of carbonyl (C=O) groups excluding carboxylic acids is 2. The summed E-state index contributed by atoms with van der Waals surface area (Å²) >= 11 is 0. The van der Waals surface area contributed by atoms with Gasteiger partial charge in [0, 0.05) is 23.5 Å². The molecule has 0 unspecified atom stereocenters. The lowest BCUT2D eigenvalue weighted by atomic mass is 10.0. The topological polar surface area (TPSA) is 95.9 Å². The van der Waals surface area contributed by atoms with Gasteiger partial charge in [-0.05, 0) is 54.6 Å². The van der Waals surface area contributed by atoms with Crippen molar-refractivity contribution in [2.75, 3.05) is 25.6 Å². The number of ketones is 1. The molecule has 0 saturated carbocycles. The lowest BCUT2D eigenvalue weighted by molar-refractivity contribution is -0.116. The minimum atomic E-state index is -0.578. The molecule has 5 rings (SSSR count). The molecule has 8 nitrogen and oxygen atoms in total. The van der Waals surface area contributed by atoms with Gasteiger partial charge >= 0.3 is 0 Å². The van der Waals surface area contributed by atoms with Crippen molar-refractivity contribution in [3.63, 3.8) is 0 Å². The molecule has 182 valence electrons. The lowest BCUT2D eigenvalue weighted by Gasteiger charge is -2.19. The fourth-order valence-electron chi connectivity index (χ4n) is 4.03. The summed E-state index contributed by atoms with van der Waals surface area (Å²) in [4.78, 5) is 39.4. The first-order valence-electron chi connectivity index (χ1n) is 11.1. The summed E-state index contributed by atoms with van der Waals surface area (Å²) in [6, 6.07) is 14.8. The van der Waals surface area contributed by atoms with Crippen molar-refractivity contribution in [3.8, 4) is 17.2 Å². The van der Waals surface area contributed by atoms with E-state index in [-0.39, 0.29) is 29.0 Å². The summed E-state index contributed by atoms with van der Waals surface area (Å²) in [5.74, 6) is 0.107. The summed E-state index contributed by atoms with van der Waals surface area (Å²) in [7, 11) is 1.47. The molecular weight excluding hydrogens is 467 g/mol. The summed E-state index contributed by atoms with van der Waals surface area (Å²) in [5, 5.41) is 3.02. The van der Waals surface area contributed by atoms with Crippen molar-refractivity contribution in [1.29, 1.82) is 0 Å². The van der Waals surface area contributed by atoms with E-state index in [2.05, 4.69) is 5.32 Å². The van der Waals surface area contributed by atoms with Gasteiger partial charge in [0.05, 0.1) is 23.6 Å². The number of benzene rings is 3. The van der Waals surface area contributed by atoms with Crippen molar-refractivity contribution in [2.45, 2.75) is 6.54 Å². The van der Waals surface area contributed by atoms with Crippen LogP contribution >= 0.6 is 0 Å². The molecule has 0 radical (unpaired) electrons. The average Bonchev–Trinajstić information content (AvgIpc) is 2.90. The van der Waals surface area contributed by atoms with E-state index in [1.54, 1.807) is 30.3 Å². The normalized spacial score (nSPS) is 12.3. The summed E-state index contributed by atoms with van der Waals surface area (Å²) in [6.07, 6.45) is 1.35. The van der Waals surface area contributed by atoms with Gasteiger partial charge in [-0.1, -0.05) is 0 Å². The molecule has 2 heterocycles. The Labute approximate surface area is 204 Å². The van der Waals surface area contributed by atoms with Gasteiger partial charge in [-0.15, -0.1) is 0 Å². The number of aromatic nitrogens is 1. The van der Waals surface area contributed by atoms with Crippen molar-refractivity contribution in [3.05, 3.63) is 94.0 Å². The molecule has 36 heavy (non-hydrogen) atoms. The van der Waals surface area contributed by atoms with E-state index in [4.69, 9.17) is 14.2 Å². The molecule has 4 aromatic rings. The third kappa shape index (κ3) is 4.50. The summed E-state index contributed by atoms with van der Waals surface area (Å²) in [5.41, 5.74) is 0.465. The van der Waals surface area contributed by atoms with Crippen LogP contribution in [0.2, 0.25) is 0 Å². The number of fused-ring (bicyclic) bond motifs is 2. The molecule has 0 spiro atoms. The summed E-state index contributed by atoms with van der Waals surface area (Å²) < 4.78 is 31.2. The first kappa shape index (κ1) is 23.1. The zero-order valence-corrected chi connectivity index (χ0v) is 19.2. The van der Waals surface area contributed by atoms with E-state index in [1.165, 1.54) is 36.1 Å². The van der Waals surface area contributed by atoms with Gasteiger partial charge in [0.2, 0.25) is 11.3 Å². The zero-order chi connectivity index (χ0) is 25.2. The van der Waals surface area contributed by atoms with Gasteiger partial charge < -0.3 is 24.1 Å². The number of carbonyl (C=O) groups is 2. The van der Waals surface area contributed by atoms with Gasteiger partial charge in [-0.2, -0.15) is 0 Å². The van der Waals surface area contributed by atoms with E-state index < -0.39 is 17.0 Å². The number of pyridine rings is 1. The molecule has 0 atom stereocenters. The molecule has 1 amide bonds. The highest BCUT2D eigenvalue weighted by Gasteiger charge is 2.19. The molecule has 0 aliphatic carbocycles. The zero-order valence-electron chi connectivity index (χ0n) is 19.2. The maximum Gasteiger partial charge on any atom is 0.244 e. The number of nitrogens with one attached hydrogen (secondary N) is 1. The maximum absolute atomic E-state index is 13.4. The molecule has 1 N–H and O–H groups in total. The van der Waals surface area contributed by atoms with Crippen LogP contribution in [0.4, 0.5) is 10.1 Å². The number of anilines is 1. The van der Waals surface area contributed by atoms with Crippen LogP contribution in [0.1, 0.15) is 15.9 Å². The van der Waals surface area contributed by atoms with Crippen molar-refractivity contribution in [2.24, 2.45) is 0 Å². The number of ether oxygens (including phenoxy) is 3. The van der Waals surface area contributed by atoms with Gasteiger partial charge in [-0.25, -0.2) is 4.39 Å². The molecule has 0 fully saturated rings. The first-order valence-corrected chi connectivity index (χ1v) is 11.1. The number of halogens is 1. The highest BCUT2D eigenvalue weighted by atomic mass is 19.1. The largest absolute Gasteiger partial charge is 0.497 e. The van der Waals surface area contributed by atoms with Gasteiger partial charge in [-0.3, -0.25) is 14.4 Å². The Morgan fingerprint density at radius 2 is 1.75 bits per heavy atom. The molecule has 9 heteroatoms. The number of hydrogen-bond acceptors (Lipinski definition) is 6. The Morgan fingerprint density at radius 3 is 2.50 bits per heavy atom. The number of amides is 1. The third-order valence-corrected chi connectivity index (χ3v) is 5.78. The molecule has 1 aromatic heterocycles. The fourth-order valence-corrected chi connectivity index (χ4v) is 4.03. The predicted molar refractivity (Wildman–Crippen MR) is 131 cm³/mol. The van der Waals surface area contributed by atoms with Gasteiger partial charge in [0.25, 0.3) is 0 Å². The molecule has 0 saturated heterocycles. The van der Waals surface area contributed by atoms with Crippen LogP contribution in [-0.2, 0) is 11.3 Å². The van der Waals surface area contributed by atoms with Gasteiger partial charge in [0.15, 0.2) is 17.3 Å². The lowest BCUT2D eigenvalue weighted by Crippen LogP contribution is -2.24. The molecular formula is C27H21FN2O6. The smallest absolute Gasteiger partial charge is 0.244 e. The highest BCUT2D eigenvalue weighted by Crippen LogP contribution is 2.32. The molecule has 1 aliphatic rings. The van der Waals surface area contributed by atoms with Crippen LogP contribution in [0.3, 0.4) is 0 Å². The average molecular weight is 488 g/mol. The minimum Gasteiger partial charge on any atom is -0.497 e. The molecule has 3 aromatic carbocycles. The van der Waals surface area contributed by atoms with Crippen LogP contribution in [-0.4, -0.2) is 36.6 Å². The second kappa shape index (κ2) is 9.53. The van der Waals surface area contributed by atoms with Gasteiger partial charge in [0.1, 0.15) is 31.3 Å². The molecule has 1 aliphatic heterocycles. The van der Waals surface area contributed by atoms with Crippen LogP contribution in [0.15, 0.2) is 71.7 Å². The fraction of sp³-hybridized carbons (Fsp3) is 0.148. The third-order valence-electron chi connectivity index (χ3n) is 5.78. The van der Waals surface area contributed by atoms with Crippen LogP contribution < -0.4 is 25.0 Å². The Morgan fingerprint density at radius 1 is 1.00 bits per heavy atom. The summed E-state index contributed by atoms with van der Waals surface area (Å²) in [6.45, 7) is 0.700. The van der Waals surface area contributed by atoms with Crippen molar-refractivity contribution < 1.29 is 28.2 Å². The van der Waals surface area contributed by atoms with E-state index >= 15 is 0 Å². The number of nitrogens with zero attached hydrogens (tertiary/aromatic N) is 1. The number of methoxy groups -OCH3 is 1. The van der Waals surface area contributed by atoms with Crippen molar-refractivity contribution >= 4 is 28.3 Å². The van der Waals surface area contributed by atoms with Crippen molar-refractivity contribution in [1.82, 2.24) is 4.57 Å². The SMILES string of the molecule is COc1ccc2c(c1)c(=O)c(C(=O)c1ccc(F)cc1)cn2CC(=O)Nc1ccc2c(c1)OCCO2. The van der Waals surface area contributed by atoms with Crippen LogP contribution in [0.25, 0.3) is 10.9 Å². The molecule has 0 bridgehead atoms. The van der Waals surface area contributed by atoms with E-state index in [0.29, 0.717) is 41.7 Å². The number of hydrogen-bond donors (Lipinski definition) is 1. The van der Waals surface area contributed by atoms with E-state index in [1.807, 2.05) is 0 Å². The maximum atomic E-state index is 13.4. The predicted octanol–water partition coefficient (Wildman–Crippen LogP) is 3.79. The quantitative estimate of drug-likeness (QED) is 0.415. The van der Waals surface area contributed by atoms with E-state index in [9.17, 15) is 18.8 Å². The Bertz CT molecular complexity index is 1540. The Balaban J connectivity index is 1.51. The standard InChI is InChI=1S/C27H21FN2O6/c1-34-19-7-8-22-20(13-19)27(33)21(26(32)16-2-4-17(28)5-3-16)14-30(22)15-25(31)29-18-6-9-23-24(12-18)36-11-10-35-23/h2-9,12-14H,10-11,15H2,1H3,(H,29,31). The number of rotatable bonds is 6. The monoisotopic (exact) mass is 488 g/mol. The Hall–Kier alpha value is -4.66.